The van der Waals surface area contributed by atoms with Crippen LogP contribution in [-0.4, -0.2) is 18.2 Å². The van der Waals surface area contributed by atoms with Gasteiger partial charge in [0, 0.05) is 10.6 Å². The van der Waals surface area contributed by atoms with Crippen LogP contribution in [0, 0.1) is 6.92 Å². The van der Waals surface area contributed by atoms with Gasteiger partial charge in [0.05, 0.1) is 11.4 Å². The van der Waals surface area contributed by atoms with Crippen LogP contribution in [-0.2, 0) is 10.0 Å². The Kier molecular flexibility index (Phi) is 4.83. The third kappa shape index (κ3) is 3.48. The number of alkyl halides is 2. The van der Waals surface area contributed by atoms with E-state index in [4.69, 9.17) is 16.7 Å². The molecule has 0 saturated carbocycles. The van der Waals surface area contributed by atoms with Crippen LogP contribution in [0.5, 0.6) is 0 Å². The Hall–Kier alpha value is -2.29. The van der Waals surface area contributed by atoms with E-state index in [0.29, 0.717) is 10.6 Å². The molecule has 2 aromatic carbocycles. The molecule has 5 nitrogen and oxygen atoms in total. The molecule has 0 unspecified atom stereocenters. The van der Waals surface area contributed by atoms with Gasteiger partial charge in [0.15, 0.2) is 0 Å². The molecule has 136 valence electrons. The number of benzene rings is 2. The van der Waals surface area contributed by atoms with Crippen LogP contribution in [0.4, 0.5) is 8.78 Å². The standard InChI is InChI=1S/C17H14ClF2N3O2S/c1-10-6-7-11(8-12(10)18)15-9-13(17(19)20)22-23(15)14-4-2-3-5-16(14)26(21,24)25/h2-9,17H,1H3,(H2,21,24,25). The Morgan fingerprint density at radius 2 is 1.85 bits per heavy atom. The molecule has 3 aromatic rings. The molecule has 0 aliphatic heterocycles. The lowest BCUT2D eigenvalue weighted by molar-refractivity contribution is 0.145. The predicted molar refractivity (Wildman–Crippen MR) is 95.1 cm³/mol. The van der Waals surface area contributed by atoms with Crippen molar-refractivity contribution < 1.29 is 17.2 Å². The maximum Gasteiger partial charge on any atom is 0.282 e. The van der Waals surface area contributed by atoms with E-state index in [1.807, 2.05) is 6.92 Å². The van der Waals surface area contributed by atoms with Crippen LogP contribution in [0.15, 0.2) is 53.4 Å². The van der Waals surface area contributed by atoms with Crippen molar-refractivity contribution in [3.63, 3.8) is 0 Å². The van der Waals surface area contributed by atoms with E-state index in [-0.39, 0.29) is 16.3 Å². The van der Waals surface area contributed by atoms with Crippen molar-refractivity contribution >= 4 is 21.6 Å². The van der Waals surface area contributed by atoms with Crippen molar-refractivity contribution in [2.24, 2.45) is 5.14 Å². The normalized spacial score (nSPS) is 11.9. The quantitative estimate of drug-likeness (QED) is 0.720. The number of para-hydroxylation sites is 1. The van der Waals surface area contributed by atoms with Crippen LogP contribution in [0.3, 0.4) is 0 Å². The Balaban J connectivity index is 2.31. The first-order chi connectivity index (χ1) is 12.2. The van der Waals surface area contributed by atoms with Gasteiger partial charge >= 0.3 is 0 Å². The summed E-state index contributed by atoms with van der Waals surface area (Å²) in [4.78, 5) is -0.219. The van der Waals surface area contributed by atoms with Gasteiger partial charge in [-0.2, -0.15) is 5.10 Å². The first-order valence-electron chi connectivity index (χ1n) is 7.45. The average Bonchev–Trinajstić information content (AvgIpc) is 3.02. The fraction of sp³-hybridized carbons (Fsp3) is 0.118. The Morgan fingerprint density at radius 1 is 1.15 bits per heavy atom. The van der Waals surface area contributed by atoms with Crippen molar-refractivity contribution in [2.45, 2.75) is 18.2 Å². The van der Waals surface area contributed by atoms with Crippen molar-refractivity contribution in [2.75, 3.05) is 0 Å². The van der Waals surface area contributed by atoms with E-state index in [2.05, 4.69) is 5.10 Å². The van der Waals surface area contributed by atoms with Gasteiger partial charge in [-0.1, -0.05) is 35.9 Å². The molecule has 0 aliphatic rings. The van der Waals surface area contributed by atoms with Crippen LogP contribution < -0.4 is 5.14 Å². The number of hydrogen-bond donors (Lipinski definition) is 1. The highest BCUT2D eigenvalue weighted by atomic mass is 35.5. The van der Waals surface area contributed by atoms with E-state index in [0.717, 1.165) is 10.2 Å². The van der Waals surface area contributed by atoms with Crippen molar-refractivity contribution in [1.82, 2.24) is 9.78 Å². The Labute approximate surface area is 154 Å². The fourth-order valence-corrected chi connectivity index (χ4v) is 3.42. The number of sulfonamides is 1. The van der Waals surface area contributed by atoms with Gasteiger partial charge in [0.1, 0.15) is 10.6 Å². The van der Waals surface area contributed by atoms with Crippen LogP contribution in [0.25, 0.3) is 16.9 Å². The number of primary sulfonamides is 1. The van der Waals surface area contributed by atoms with Gasteiger partial charge in [-0.3, -0.25) is 0 Å². The number of halogens is 3. The van der Waals surface area contributed by atoms with E-state index < -0.39 is 22.1 Å². The predicted octanol–water partition coefficient (Wildman–Crippen LogP) is 4.09. The zero-order chi connectivity index (χ0) is 19.1. The second-order valence-electron chi connectivity index (χ2n) is 5.64. The molecule has 0 amide bonds. The van der Waals surface area contributed by atoms with Crippen molar-refractivity contribution in [3.8, 4) is 16.9 Å². The highest BCUT2D eigenvalue weighted by Crippen LogP contribution is 2.32. The second-order valence-corrected chi connectivity index (χ2v) is 7.58. The maximum absolute atomic E-state index is 13.2. The summed E-state index contributed by atoms with van der Waals surface area (Å²) in [6.07, 6.45) is -2.82. The summed E-state index contributed by atoms with van der Waals surface area (Å²) >= 11 is 6.14. The molecule has 1 heterocycles. The zero-order valence-electron chi connectivity index (χ0n) is 13.5. The molecule has 0 aliphatic carbocycles. The largest absolute Gasteiger partial charge is 0.282 e. The molecular formula is C17H14ClF2N3O2S. The number of rotatable bonds is 4. The number of hydrogen-bond acceptors (Lipinski definition) is 3. The SMILES string of the molecule is Cc1ccc(-c2cc(C(F)F)nn2-c2ccccc2S(N)(=O)=O)cc1Cl. The summed E-state index contributed by atoms with van der Waals surface area (Å²) in [5, 5.41) is 9.59. The summed E-state index contributed by atoms with van der Waals surface area (Å²) in [7, 11) is -4.08. The van der Waals surface area contributed by atoms with Gasteiger partial charge in [-0.25, -0.2) is 27.0 Å². The fourth-order valence-electron chi connectivity index (χ4n) is 2.52. The lowest BCUT2D eigenvalue weighted by atomic mass is 10.1. The molecule has 0 bridgehead atoms. The molecule has 9 heteroatoms. The summed E-state index contributed by atoms with van der Waals surface area (Å²) in [6.45, 7) is 1.81. The minimum atomic E-state index is -4.08. The second kappa shape index (κ2) is 6.79. The third-order valence-electron chi connectivity index (χ3n) is 3.82. The molecule has 3 rings (SSSR count). The smallest absolute Gasteiger partial charge is 0.231 e. The number of nitrogens with zero attached hydrogens (tertiary/aromatic N) is 2. The molecule has 0 atom stereocenters. The number of nitrogens with two attached hydrogens (primary N) is 1. The molecule has 0 spiro atoms. The summed E-state index contributed by atoms with van der Waals surface area (Å²) < 4.78 is 51.4. The third-order valence-corrected chi connectivity index (χ3v) is 5.18. The minimum absolute atomic E-state index is 0.0774. The van der Waals surface area contributed by atoms with Gasteiger partial charge in [-0.15, -0.1) is 0 Å². The topological polar surface area (TPSA) is 78.0 Å². The highest BCUT2D eigenvalue weighted by Gasteiger charge is 2.22. The van der Waals surface area contributed by atoms with Crippen molar-refractivity contribution in [1.29, 1.82) is 0 Å². The van der Waals surface area contributed by atoms with E-state index in [1.165, 1.54) is 24.3 Å². The molecule has 0 radical (unpaired) electrons. The Morgan fingerprint density at radius 3 is 2.46 bits per heavy atom. The molecule has 1 aromatic heterocycles. The number of aryl methyl sites for hydroxylation is 1. The Bertz CT molecular complexity index is 1080. The first kappa shape index (κ1) is 18.5. The molecular weight excluding hydrogens is 384 g/mol. The van der Waals surface area contributed by atoms with E-state index >= 15 is 0 Å². The zero-order valence-corrected chi connectivity index (χ0v) is 15.1. The van der Waals surface area contributed by atoms with Crippen LogP contribution in [0.1, 0.15) is 17.7 Å². The van der Waals surface area contributed by atoms with Gasteiger partial charge in [0.2, 0.25) is 10.0 Å². The summed E-state index contributed by atoms with van der Waals surface area (Å²) in [5.74, 6) is 0. The molecule has 26 heavy (non-hydrogen) atoms. The first-order valence-corrected chi connectivity index (χ1v) is 9.38. The van der Waals surface area contributed by atoms with Gasteiger partial charge < -0.3 is 0 Å². The lowest BCUT2D eigenvalue weighted by Crippen LogP contribution is -2.16. The molecule has 2 N–H and O–H groups in total. The lowest BCUT2D eigenvalue weighted by Gasteiger charge is -2.12. The van der Waals surface area contributed by atoms with Gasteiger partial charge in [0.25, 0.3) is 6.43 Å². The number of aromatic nitrogens is 2. The van der Waals surface area contributed by atoms with Crippen LogP contribution in [0.2, 0.25) is 5.02 Å². The van der Waals surface area contributed by atoms with Gasteiger partial charge in [-0.05, 0) is 36.8 Å². The average molecular weight is 398 g/mol. The highest BCUT2D eigenvalue weighted by molar-refractivity contribution is 7.89. The molecule has 0 saturated heterocycles. The minimum Gasteiger partial charge on any atom is -0.231 e. The summed E-state index contributed by atoms with van der Waals surface area (Å²) in [6, 6.07) is 12.0. The van der Waals surface area contributed by atoms with Crippen molar-refractivity contribution in [3.05, 3.63) is 64.8 Å². The monoisotopic (exact) mass is 397 g/mol. The van der Waals surface area contributed by atoms with Crippen LogP contribution >= 0.6 is 11.6 Å². The van der Waals surface area contributed by atoms with E-state index in [1.54, 1.807) is 24.3 Å². The maximum atomic E-state index is 13.2. The molecule has 0 fully saturated rings. The van der Waals surface area contributed by atoms with E-state index in [9.17, 15) is 17.2 Å². The summed E-state index contributed by atoms with van der Waals surface area (Å²) in [5.41, 5.74) is 1.21.